The highest BCUT2D eigenvalue weighted by atomic mass is 16.4. The molecule has 0 aliphatic rings. The number of rotatable bonds is 9. The van der Waals surface area contributed by atoms with Crippen molar-refractivity contribution >= 4 is 28.5 Å². The van der Waals surface area contributed by atoms with E-state index >= 15 is 0 Å². The Morgan fingerprint density at radius 2 is 1.89 bits per heavy atom. The summed E-state index contributed by atoms with van der Waals surface area (Å²) in [7, 11) is 0. The fourth-order valence-electron chi connectivity index (χ4n) is 3.50. The molecule has 1 heterocycles. The van der Waals surface area contributed by atoms with Gasteiger partial charge in [0.05, 0.1) is 6.42 Å². The van der Waals surface area contributed by atoms with Crippen molar-refractivity contribution in [3.8, 4) is 0 Å². The van der Waals surface area contributed by atoms with Gasteiger partial charge in [-0.2, -0.15) is 0 Å². The van der Waals surface area contributed by atoms with Crippen LogP contribution < -0.4 is 11.1 Å². The normalized spacial score (nSPS) is 10.9. The highest BCUT2D eigenvalue weighted by Gasteiger charge is 2.16. The number of primary amides is 1. The summed E-state index contributed by atoms with van der Waals surface area (Å²) >= 11 is 0. The minimum absolute atomic E-state index is 0.134. The van der Waals surface area contributed by atoms with Gasteiger partial charge in [0.25, 0.3) is 0 Å². The SMILES string of the molecule is Cc1c(CC(N)=O)c2cc(NCCCC(=O)O)ccc2n1Cc1ccccc1. The molecule has 146 valence electrons. The molecule has 6 nitrogen and oxygen atoms in total. The molecule has 3 rings (SSSR count). The number of nitrogens with two attached hydrogens (primary N) is 1. The smallest absolute Gasteiger partial charge is 0.303 e. The summed E-state index contributed by atoms with van der Waals surface area (Å²) in [5.41, 5.74) is 10.6. The molecular weight excluding hydrogens is 354 g/mol. The van der Waals surface area contributed by atoms with Gasteiger partial charge in [0.15, 0.2) is 0 Å². The lowest BCUT2D eigenvalue weighted by Gasteiger charge is -2.10. The molecule has 6 heteroatoms. The Balaban J connectivity index is 1.94. The highest BCUT2D eigenvalue weighted by Crippen LogP contribution is 2.30. The third kappa shape index (κ3) is 4.52. The molecule has 0 unspecified atom stereocenters. The number of nitrogens with one attached hydrogen (secondary N) is 1. The molecule has 2 aromatic carbocycles. The van der Waals surface area contributed by atoms with Gasteiger partial charge in [-0.25, -0.2) is 0 Å². The first-order valence-electron chi connectivity index (χ1n) is 9.35. The number of hydrogen-bond acceptors (Lipinski definition) is 3. The van der Waals surface area contributed by atoms with Crippen LogP contribution in [0.4, 0.5) is 5.69 Å². The molecule has 1 amide bonds. The van der Waals surface area contributed by atoms with Crippen LogP contribution in [0.15, 0.2) is 48.5 Å². The molecule has 0 aliphatic heterocycles. The van der Waals surface area contributed by atoms with Gasteiger partial charge in [-0.1, -0.05) is 30.3 Å². The Morgan fingerprint density at radius 3 is 2.57 bits per heavy atom. The molecule has 0 saturated heterocycles. The van der Waals surface area contributed by atoms with Crippen LogP contribution in [-0.4, -0.2) is 28.1 Å². The van der Waals surface area contributed by atoms with E-state index < -0.39 is 5.97 Å². The van der Waals surface area contributed by atoms with E-state index in [-0.39, 0.29) is 18.7 Å². The molecule has 0 bridgehead atoms. The number of fused-ring (bicyclic) bond motifs is 1. The monoisotopic (exact) mass is 379 g/mol. The first-order valence-corrected chi connectivity index (χ1v) is 9.35. The van der Waals surface area contributed by atoms with E-state index in [1.165, 1.54) is 5.56 Å². The standard InChI is InChI=1S/C22H25N3O3/c1-15-18(13-21(23)26)19-12-17(24-11-5-8-22(27)28)9-10-20(19)25(15)14-16-6-3-2-4-7-16/h2-4,6-7,9-10,12,24H,5,8,11,13-14H2,1H3,(H2,23,26)(H,27,28). The number of amides is 1. The Bertz CT molecular complexity index is 993. The van der Waals surface area contributed by atoms with E-state index in [1.54, 1.807) is 0 Å². The van der Waals surface area contributed by atoms with Gasteiger partial charge < -0.3 is 20.7 Å². The maximum Gasteiger partial charge on any atom is 0.303 e. The number of aliphatic carboxylic acids is 1. The lowest BCUT2D eigenvalue weighted by atomic mass is 10.1. The summed E-state index contributed by atoms with van der Waals surface area (Å²) in [6.07, 6.45) is 0.872. The largest absolute Gasteiger partial charge is 0.481 e. The maximum absolute atomic E-state index is 11.6. The third-order valence-electron chi connectivity index (χ3n) is 4.89. The fourth-order valence-corrected chi connectivity index (χ4v) is 3.50. The summed E-state index contributed by atoms with van der Waals surface area (Å²) < 4.78 is 2.21. The second-order valence-electron chi connectivity index (χ2n) is 6.93. The van der Waals surface area contributed by atoms with Crippen LogP contribution in [0.2, 0.25) is 0 Å². The molecular formula is C22H25N3O3. The summed E-state index contributed by atoms with van der Waals surface area (Å²) in [6.45, 7) is 3.31. The fraction of sp³-hybridized carbons (Fsp3) is 0.273. The second-order valence-corrected chi connectivity index (χ2v) is 6.93. The Morgan fingerprint density at radius 1 is 1.14 bits per heavy atom. The van der Waals surface area contributed by atoms with E-state index in [2.05, 4.69) is 22.0 Å². The van der Waals surface area contributed by atoms with E-state index in [1.807, 2.05) is 43.3 Å². The zero-order valence-electron chi connectivity index (χ0n) is 15.9. The molecule has 0 spiro atoms. The van der Waals surface area contributed by atoms with E-state index in [0.717, 1.165) is 27.8 Å². The Labute approximate surface area is 164 Å². The van der Waals surface area contributed by atoms with Crippen LogP contribution in [0.3, 0.4) is 0 Å². The predicted octanol–water partition coefficient (Wildman–Crippen LogP) is 3.30. The lowest BCUT2D eigenvalue weighted by Crippen LogP contribution is -2.14. The lowest BCUT2D eigenvalue weighted by molar-refractivity contribution is -0.137. The molecule has 28 heavy (non-hydrogen) atoms. The Hall–Kier alpha value is -3.28. The number of carbonyl (C=O) groups excluding carboxylic acids is 1. The first kappa shape index (κ1) is 19.5. The molecule has 3 aromatic rings. The molecule has 1 aromatic heterocycles. The zero-order chi connectivity index (χ0) is 20.1. The van der Waals surface area contributed by atoms with Crippen molar-refractivity contribution in [2.75, 3.05) is 11.9 Å². The van der Waals surface area contributed by atoms with Crippen LogP contribution in [0.1, 0.15) is 29.7 Å². The molecule has 0 aliphatic carbocycles. The van der Waals surface area contributed by atoms with Gasteiger partial charge in [-0.15, -0.1) is 0 Å². The number of hydrogen-bond donors (Lipinski definition) is 3. The van der Waals surface area contributed by atoms with Crippen molar-refractivity contribution in [1.29, 1.82) is 0 Å². The summed E-state index contributed by atoms with van der Waals surface area (Å²) in [6, 6.07) is 16.2. The van der Waals surface area contributed by atoms with Gasteiger partial charge in [-0.3, -0.25) is 9.59 Å². The predicted molar refractivity (Wildman–Crippen MR) is 110 cm³/mol. The van der Waals surface area contributed by atoms with Crippen LogP contribution in [-0.2, 0) is 22.6 Å². The number of carboxylic acids is 1. The van der Waals surface area contributed by atoms with Crippen molar-refractivity contribution in [2.45, 2.75) is 32.7 Å². The van der Waals surface area contributed by atoms with Crippen molar-refractivity contribution in [1.82, 2.24) is 4.57 Å². The van der Waals surface area contributed by atoms with Gasteiger partial charge >= 0.3 is 5.97 Å². The number of nitrogens with zero attached hydrogens (tertiary/aromatic N) is 1. The van der Waals surface area contributed by atoms with Crippen LogP contribution >= 0.6 is 0 Å². The maximum atomic E-state index is 11.6. The number of aromatic nitrogens is 1. The van der Waals surface area contributed by atoms with Crippen molar-refractivity contribution in [3.05, 3.63) is 65.4 Å². The number of anilines is 1. The second kappa shape index (κ2) is 8.61. The molecule has 0 fully saturated rings. The topological polar surface area (TPSA) is 97.3 Å². The van der Waals surface area contributed by atoms with E-state index in [0.29, 0.717) is 19.5 Å². The minimum atomic E-state index is -0.797. The van der Waals surface area contributed by atoms with Crippen molar-refractivity contribution < 1.29 is 14.7 Å². The quantitative estimate of drug-likeness (QED) is 0.497. The summed E-state index contributed by atoms with van der Waals surface area (Å²) in [4.78, 5) is 22.3. The molecule has 0 radical (unpaired) electrons. The minimum Gasteiger partial charge on any atom is -0.481 e. The molecule has 0 saturated carbocycles. The van der Waals surface area contributed by atoms with E-state index in [9.17, 15) is 9.59 Å². The average molecular weight is 379 g/mol. The van der Waals surface area contributed by atoms with Gasteiger partial charge in [0, 0.05) is 41.8 Å². The summed E-state index contributed by atoms with van der Waals surface area (Å²) in [5.74, 6) is -1.16. The third-order valence-corrected chi connectivity index (χ3v) is 4.89. The Kier molecular flexibility index (Phi) is 5.99. The zero-order valence-corrected chi connectivity index (χ0v) is 15.9. The van der Waals surface area contributed by atoms with Crippen LogP contribution in [0.5, 0.6) is 0 Å². The highest BCUT2D eigenvalue weighted by molar-refractivity contribution is 5.92. The van der Waals surface area contributed by atoms with E-state index in [4.69, 9.17) is 10.8 Å². The van der Waals surface area contributed by atoms with Gasteiger partial charge in [-0.05, 0) is 42.7 Å². The average Bonchev–Trinajstić information content (AvgIpc) is 2.91. The van der Waals surface area contributed by atoms with Crippen LogP contribution in [0.25, 0.3) is 10.9 Å². The van der Waals surface area contributed by atoms with Gasteiger partial charge in [0.1, 0.15) is 0 Å². The summed E-state index contributed by atoms with van der Waals surface area (Å²) in [5, 5.41) is 13.0. The number of carbonyl (C=O) groups is 2. The molecule has 4 N–H and O–H groups in total. The number of benzene rings is 2. The first-order chi connectivity index (χ1) is 13.5. The van der Waals surface area contributed by atoms with Crippen molar-refractivity contribution in [2.24, 2.45) is 5.73 Å². The van der Waals surface area contributed by atoms with Crippen LogP contribution in [0, 0.1) is 6.92 Å². The molecule has 0 atom stereocenters. The number of carboxylic acid groups (broad SMARTS) is 1. The van der Waals surface area contributed by atoms with Crippen molar-refractivity contribution in [3.63, 3.8) is 0 Å². The van der Waals surface area contributed by atoms with Gasteiger partial charge in [0.2, 0.25) is 5.91 Å².